The van der Waals surface area contributed by atoms with Gasteiger partial charge in [-0.3, -0.25) is 4.99 Å². The van der Waals surface area contributed by atoms with E-state index in [1.54, 1.807) is 32.4 Å². The molecule has 32 heavy (non-hydrogen) atoms. The fourth-order valence-corrected chi connectivity index (χ4v) is 3.79. The number of guanidine groups is 1. The van der Waals surface area contributed by atoms with E-state index in [1.165, 1.54) is 11.6 Å². The number of para-hydroxylation sites is 1. The van der Waals surface area contributed by atoms with E-state index in [-0.39, 0.29) is 35.1 Å². The molecule has 1 aliphatic heterocycles. The number of halogens is 3. The van der Waals surface area contributed by atoms with E-state index in [4.69, 9.17) is 9.47 Å². The summed E-state index contributed by atoms with van der Waals surface area (Å²) in [7, 11) is 3.34. The Bertz CT molecular complexity index is 860. The minimum Gasteiger partial charge on any atom is -0.497 e. The number of hydrogen-bond acceptors (Lipinski definition) is 4. The molecule has 3 rings (SSSR count). The van der Waals surface area contributed by atoms with Gasteiger partial charge in [0.25, 0.3) is 0 Å². The average Bonchev–Trinajstić information content (AvgIpc) is 2.80. The highest BCUT2D eigenvalue weighted by molar-refractivity contribution is 14.0. The fourth-order valence-electron chi connectivity index (χ4n) is 3.79. The van der Waals surface area contributed by atoms with Crippen molar-refractivity contribution in [2.75, 3.05) is 33.9 Å². The lowest BCUT2D eigenvalue weighted by molar-refractivity contribution is -0.0504. The molecule has 0 unspecified atom stereocenters. The Morgan fingerprint density at radius 1 is 1.09 bits per heavy atom. The Kier molecular flexibility index (Phi) is 10.4. The lowest BCUT2D eigenvalue weighted by Gasteiger charge is -2.38. The number of benzene rings is 2. The Labute approximate surface area is 204 Å². The van der Waals surface area contributed by atoms with Crippen LogP contribution in [0.5, 0.6) is 11.5 Å². The molecule has 0 spiro atoms. The summed E-state index contributed by atoms with van der Waals surface area (Å²) in [6, 6.07) is 14.9. The monoisotopic (exact) mass is 561 g/mol. The van der Waals surface area contributed by atoms with Crippen LogP contribution in [0.4, 0.5) is 8.78 Å². The van der Waals surface area contributed by atoms with Crippen LogP contribution in [0.15, 0.2) is 53.5 Å². The van der Waals surface area contributed by atoms with E-state index in [0.717, 1.165) is 18.6 Å². The zero-order valence-corrected chi connectivity index (χ0v) is 20.6. The van der Waals surface area contributed by atoms with Crippen molar-refractivity contribution < 1.29 is 23.0 Å². The zero-order valence-electron chi connectivity index (χ0n) is 18.3. The topological polar surface area (TPSA) is 64.1 Å². The summed E-state index contributed by atoms with van der Waals surface area (Å²) in [4.78, 5) is 4.28. The van der Waals surface area contributed by atoms with Gasteiger partial charge in [-0.15, -0.1) is 24.0 Å². The van der Waals surface area contributed by atoms with Gasteiger partial charge in [0.1, 0.15) is 11.5 Å². The highest BCUT2D eigenvalue weighted by Gasteiger charge is 2.34. The highest BCUT2D eigenvalue weighted by atomic mass is 127. The first-order valence-corrected chi connectivity index (χ1v) is 10.3. The van der Waals surface area contributed by atoms with Crippen molar-refractivity contribution in [3.63, 3.8) is 0 Å². The van der Waals surface area contributed by atoms with Crippen LogP contribution in [-0.4, -0.2) is 46.5 Å². The third-order valence-corrected chi connectivity index (χ3v) is 5.61. The number of hydrogen-bond donors (Lipinski definition) is 2. The van der Waals surface area contributed by atoms with Gasteiger partial charge in [-0.05, 0) is 36.6 Å². The van der Waals surface area contributed by atoms with Gasteiger partial charge in [0.15, 0.2) is 5.96 Å². The molecule has 2 N–H and O–H groups in total. The second kappa shape index (κ2) is 12.8. The SMILES string of the molecule is CN=C(NCc1ccccc1OC(F)F)NCC1(c2ccc(OC)cc2)CCOCC1.I. The van der Waals surface area contributed by atoms with Crippen LogP contribution in [0, 0.1) is 0 Å². The van der Waals surface area contributed by atoms with Crippen LogP contribution in [0.25, 0.3) is 0 Å². The molecule has 1 fully saturated rings. The van der Waals surface area contributed by atoms with Crippen LogP contribution in [-0.2, 0) is 16.7 Å². The molecule has 0 amide bonds. The summed E-state index contributed by atoms with van der Waals surface area (Å²) in [5.74, 6) is 1.56. The molecule has 176 valence electrons. The number of nitrogens with zero attached hydrogens (tertiary/aromatic N) is 1. The van der Waals surface area contributed by atoms with Crippen LogP contribution in [0.3, 0.4) is 0 Å². The summed E-state index contributed by atoms with van der Waals surface area (Å²) < 4.78 is 40.8. The first-order valence-electron chi connectivity index (χ1n) is 10.3. The fraction of sp³-hybridized carbons (Fsp3) is 0.435. The summed E-state index contributed by atoms with van der Waals surface area (Å²) in [6.45, 7) is -0.508. The van der Waals surface area contributed by atoms with Gasteiger partial charge in [0, 0.05) is 44.3 Å². The third-order valence-electron chi connectivity index (χ3n) is 5.61. The van der Waals surface area contributed by atoms with Crippen molar-refractivity contribution >= 4 is 29.9 Å². The summed E-state index contributed by atoms with van der Waals surface area (Å²) in [5.41, 5.74) is 1.75. The van der Waals surface area contributed by atoms with Gasteiger partial charge in [-0.1, -0.05) is 30.3 Å². The largest absolute Gasteiger partial charge is 0.497 e. The summed E-state index contributed by atoms with van der Waals surface area (Å²) in [6.07, 6.45) is 1.77. The first kappa shape index (κ1) is 26.1. The third kappa shape index (κ3) is 6.93. The molecular formula is C23H30F2IN3O3. The van der Waals surface area contributed by atoms with Crippen molar-refractivity contribution in [2.45, 2.75) is 31.4 Å². The minimum atomic E-state index is -2.86. The van der Waals surface area contributed by atoms with E-state index >= 15 is 0 Å². The molecule has 0 aromatic heterocycles. The van der Waals surface area contributed by atoms with Crippen LogP contribution in [0.2, 0.25) is 0 Å². The molecular weight excluding hydrogens is 531 g/mol. The quantitative estimate of drug-likeness (QED) is 0.286. The van der Waals surface area contributed by atoms with Crippen molar-refractivity contribution in [3.8, 4) is 11.5 Å². The molecule has 2 aromatic carbocycles. The van der Waals surface area contributed by atoms with Crippen LogP contribution < -0.4 is 20.1 Å². The minimum absolute atomic E-state index is 0. The normalized spacial score (nSPS) is 15.6. The molecule has 0 radical (unpaired) electrons. The Hall–Kier alpha value is -2.14. The van der Waals surface area contributed by atoms with E-state index in [2.05, 4.69) is 32.5 Å². The standard InChI is InChI=1S/C23H29F2N3O3.HI/c1-26-22(27-15-17-5-3-4-6-20(17)31-21(24)25)28-16-23(11-13-30-14-12-23)18-7-9-19(29-2)10-8-18;/h3-10,21H,11-16H2,1-2H3,(H2,26,27,28);1H. The Morgan fingerprint density at radius 3 is 2.41 bits per heavy atom. The first-order chi connectivity index (χ1) is 15.1. The summed E-state index contributed by atoms with van der Waals surface area (Å²) in [5, 5.41) is 6.59. The second-order valence-electron chi connectivity index (χ2n) is 7.39. The molecule has 0 aliphatic carbocycles. The van der Waals surface area contributed by atoms with Crippen LogP contribution in [0.1, 0.15) is 24.0 Å². The molecule has 9 heteroatoms. The smallest absolute Gasteiger partial charge is 0.387 e. The molecule has 0 saturated carbocycles. The van der Waals surface area contributed by atoms with E-state index in [1.807, 2.05) is 12.1 Å². The number of methoxy groups -OCH3 is 1. The van der Waals surface area contributed by atoms with Gasteiger partial charge in [0.2, 0.25) is 0 Å². The number of alkyl halides is 2. The van der Waals surface area contributed by atoms with E-state index < -0.39 is 6.61 Å². The molecule has 1 saturated heterocycles. The molecule has 0 bridgehead atoms. The summed E-state index contributed by atoms with van der Waals surface area (Å²) >= 11 is 0. The van der Waals surface area contributed by atoms with Crippen molar-refractivity contribution in [2.24, 2.45) is 4.99 Å². The van der Waals surface area contributed by atoms with Gasteiger partial charge < -0.3 is 24.8 Å². The number of rotatable bonds is 8. The molecule has 6 nitrogen and oxygen atoms in total. The van der Waals surface area contributed by atoms with E-state index in [0.29, 0.717) is 37.8 Å². The predicted molar refractivity (Wildman–Crippen MR) is 131 cm³/mol. The molecule has 2 aromatic rings. The maximum atomic E-state index is 12.6. The van der Waals surface area contributed by atoms with Crippen molar-refractivity contribution in [1.29, 1.82) is 0 Å². The maximum Gasteiger partial charge on any atom is 0.387 e. The maximum absolute atomic E-state index is 12.6. The van der Waals surface area contributed by atoms with Crippen molar-refractivity contribution in [3.05, 3.63) is 59.7 Å². The molecule has 0 atom stereocenters. The highest BCUT2D eigenvalue weighted by Crippen LogP contribution is 2.35. The Morgan fingerprint density at radius 2 is 1.78 bits per heavy atom. The van der Waals surface area contributed by atoms with Crippen LogP contribution >= 0.6 is 24.0 Å². The molecule has 1 aliphatic rings. The van der Waals surface area contributed by atoms with E-state index in [9.17, 15) is 8.78 Å². The predicted octanol–water partition coefficient (Wildman–Crippen LogP) is 4.33. The van der Waals surface area contributed by atoms with Gasteiger partial charge in [0.05, 0.1) is 7.11 Å². The van der Waals surface area contributed by atoms with Gasteiger partial charge in [-0.2, -0.15) is 8.78 Å². The molecule has 1 heterocycles. The Balaban J connectivity index is 0.00000363. The number of nitrogens with one attached hydrogen (secondary N) is 2. The average molecular weight is 561 g/mol. The zero-order chi connectivity index (χ0) is 22.1. The number of ether oxygens (including phenoxy) is 3. The lowest BCUT2D eigenvalue weighted by Crippen LogP contribution is -2.47. The second-order valence-corrected chi connectivity index (χ2v) is 7.39. The van der Waals surface area contributed by atoms with Gasteiger partial charge >= 0.3 is 6.61 Å². The van der Waals surface area contributed by atoms with Gasteiger partial charge in [-0.25, -0.2) is 0 Å². The lowest BCUT2D eigenvalue weighted by atomic mass is 9.74. The van der Waals surface area contributed by atoms with Crippen molar-refractivity contribution in [1.82, 2.24) is 10.6 Å². The number of aliphatic imine (C=N–C) groups is 1.